The van der Waals surface area contributed by atoms with Gasteiger partial charge in [-0.15, -0.1) is 0 Å². The zero-order valence-electron chi connectivity index (χ0n) is 17.1. The minimum absolute atomic E-state index is 0.0274. The molecule has 162 valence electrons. The molecule has 1 fully saturated rings. The van der Waals surface area contributed by atoms with Crippen LogP contribution in [-0.2, 0) is 10.0 Å². The van der Waals surface area contributed by atoms with E-state index in [1.165, 1.54) is 24.3 Å². The SMILES string of the molecule is CCC(C)NC(=O)c1ccc(N2CCNCC2)c(NS(=O)(=O)c2ccc(Cl)cc2)c1. The molecule has 0 aromatic heterocycles. The first-order chi connectivity index (χ1) is 14.3. The van der Waals surface area contributed by atoms with Crippen molar-refractivity contribution in [1.29, 1.82) is 0 Å². The fraction of sp³-hybridized carbons (Fsp3) is 0.381. The van der Waals surface area contributed by atoms with Gasteiger partial charge >= 0.3 is 0 Å². The van der Waals surface area contributed by atoms with Gasteiger partial charge in [-0.05, 0) is 55.8 Å². The molecule has 7 nitrogen and oxygen atoms in total. The third kappa shape index (κ3) is 5.44. The Morgan fingerprint density at radius 3 is 2.47 bits per heavy atom. The number of amides is 1. The molecule has 0 saturated carbocycles. The molecule has 2 aromatic rings. The Kier molecular flexibility index (Phi) is 7.23. The maximum atomic E-state index is 13.0. The fourth-order valence-corrected chi connectivity index (χ4v) is 4.36. The molecule has 0 bridgehead atoms. The van der Waals surface area contributed by atoms with Crippen molar-refractivity contribution in [2.75, 3.05) is 35.8 Å². The Hall–Kier alpha value is -2.29. The first kappa shape index (κ1) is 22.4. The van der Waals surface area contributed by atoms with Crippen LogP contribution in [-0.4, -0.2) is 46.5 Å². The Bertz CT molecular complexity index is 990. The molecular weight excluding hydrogens is 424 g/mol. The summed E-state index contributed by atoms with van der Waals surface area (Å²) >= 11 is 5.89. The fourth-order valence-electron chi connectivity index (χ4n) is 3.17. The van der Waals surface area contributed by atoms with E-state index in [1.807, 2.05) is 13.8 Å². The second-order valence-electron chi connectivity index (χ2n) is 7.31. The summed E-state index contributed by atoms with van der Waals surface area (Å²) in [5, 5.41) is 6.66. The smallest absolute Gasteiger partial charge is 0.261 e. The summed E-state index contributed by atoms with van der Waals surface area (Å²) in [6, 6.07) is 11.1. The number of anilines is 2. The molecule has 1 atom stereocenters. The summed E-state index contributed by atoms with van der Waals surface area (Å²) in [6.07, 6.45) is 0.806. The second kappa shape index (κ2) is 9.68. The lowest BCUT2D eigenvalue weighted by Crippen LogP contribution is -2.43. The molecule has 3 N–H and O–H groups in total. The molecule has 0 aliphatic carbocycles. The van der Waals surface area contributed by atoms with Crippen LogP contribution in [0.15, 0.2) is 47.4 Å². The summed E-state index contributed by atoms with van der Waals surface area (Å²) in [7, 11) is -3.84. The van der Waals surface area contributed by atoms with Gasteiger partial charge in [0.05, 0.1) is 16.3 Å². The second-order valence-corrected chi connectivity index (χ2v) is 9.43. The Labute approximate surface area is 182 Å². The molecule has 3 rings (SSSR count). The third-order valence-electron chi connectivity index (χ3n) is 5.07. The van der Waals surface area contributed by atoms with E-state index in [4.69, 9.17) is 11.6 Å². The van der Waals surface area contributed by atoms with E-state index in [-0.39, 0.29) is 16.8 Å². The molecule has 30 heavy (non-hydrogen) atoms. The van der Waals surface area contributed by atoms with Gasteiger partial charge in [-0.25, -0.2) is 8.42 Å². The van der Waals surface area contributed by atoms with Crippen molar-refractivity contribution in [3.05, 3.63) is 53.1 Å². The van der Waals surface area contributed by atoms with Crippen molar-refractivity contribution < 1.29 is 13.2 Å². The number of hydrogen-bond acceptors (Lipinski definition) is 5. The van der Waals surface area contributed by atoms with Crippen LogP contribution in [0.25, 0.3) is 0 Å². The average molecular weight is 451 g/mol. The molecule has 1 aliphatic rings. The number of piperazine rings is 1. The van der Waals surface area contributed by atoms with Gasteiger partial charge in [-0.1, -0.05) is 18.5 Å². The van der Waals surface area contributed by atoms with Crippen molar-refractivity contribution in [1.82, 2.24) is 10.6 Å². The highest BCUT2D eigenvalue weighted by Gasteiger charge is 2.21. The maximum Gasteiger partial charge on any atom is 0.261 e. The van der Waals surface area contributed by atoms with Crippen LogP contribution >= 0.6 is 11.6 Å². The highest BCUT2D eigenvalue weighted by molar-refractivity contribution is 7.92. The summed E-state index contributed by atoms with van der Waals surface area (Å²) in [5.41, 5.74) is 1.53. The highest BCUT2D eigenvalue weighted by Crippen LogP contribution is 2.30. The number of carbonyl (C=O) groups is 1. The lowest BCUT2D eigenvalue weighted by molar-refractivity contribution is 0.0939. The van der Waals surface area contributed by atoms with Gasteiger partial charge in [-0.3, -0.25) is 9.52 Å². The summed E-state index contributed by atoms with van der Waals surface area (Å²) in [5.74, 6) is -0.233. The van der Waals surface area contributed by atoms with Crippen molar-refractivity contribution in [3.8, 4) is 0 Å². The summed E-state index contributed by atoms with van der Waals surface area (Å²) in [6.45, 7) is 7.02. The van der Waals surface area contributed by atoms with Crippen LogP contribution in [0.4, 0.5) is 11.4 Å². The summed E-state index contributed by atoms with van der Waals surface area (Å²) < 4.78 is 28.6. The van der Waals surface area contributed by atoms with Crippen LogP contribution in [0.5, 0.6) is 0 Å². The van der Waals surface area contributed by atoms with E-state index in [0.717, 1.165) is 38.3 Å². The number of benzene rings is 2. The number of sulfonamides is 1. The lowest BCUT2D eigenvalue weighted by atomic mass is 10.1. The van der Waals surface area contributed by atoms with Gasteiger partial charge in [0.2, 0.25) is 0 Å². The molecule has 1 amide bonds. The molecule has 2 aromatic carbocycles. The van der Waals surface area contributed by atoms with Crippen molar-refractivity contribution in [3.63, 3.8) is 0 Å². The number of hydrogen-bond donors (Lipinski definition) is 3. The number of halogens is 1. The standard InChI is InChI=1S/C21H27ClN4O3S/c1-3-15(2)24-21(27)16-4-9-20(26-12-10-23-11-13-26)19(14-16)25-30(28,29)18-7-5-17(22)6-8-18/h4-9,14-15,23,25H,3,10-13H2,1-2H3,(H,24,27). The molecule has 0 spiro atoms. The maximum absolute atomic E-state index is 13.0. The minimum Gasteiger partial charge on any atom is -0.367 e. The van der Waals surface area contributed by atoms with Crippen molar-refractivity contribution in [2.24, 2.45) is 0 Å². The molecule has 0 radical (unpaired) electrons. The molecule has 1 aliphatic heterocycles. The van der Waals surface area contributed by atoms with Crippen LogP contribution in [0.1, 0.15) is 30.6 Å². The highest BCUT2D eigenvalue weighted by atomic mass is 35.5. The molecule has 9 heteroatoms. The molecule has 1 saturated heterocycles. The van der Waals surface area contributed by atoms with Crippen LogP contribution < -0.4 is 20.3 Å². The third-order valence-corrected chi connectivity index (χ3v) is 6.71. The minimum atomic E-state index is -3.84. The van der Waals surface area contributed by atoms with E-state index in [0.29, 0.717) is 16.3 Å². The predicted octanol–water partition coefficient (Wildman–Crippen LogP) is 3.08. The predicted molar refractivity (Wildman–Crippen MR) is 121 cm³/mol. The number of nitrogens with zero attached hydrogens (tertiary/aromatic N) is 1. The number of rotatable bonds is 7. The quantitative estimate of drug-likeness (QED) is 0.603. The largest absolute Gasteiger partial charge is 0.367 e. The first-order valence-corrected chi connectivity index (χ1v) is 11.8. The number of nitrogens with one attached hydrogen (secondary N) is 3. The normalized spacial score (nSPS) is 15.5. The topological polar surface area (TPSA) is 90.5 Å². The lowest BCUT2D eigenvalue weighted by Gasteiger charge is -2.31. The molecule has 1 heterocycles. The van der Waals surface area contributed by atoms with Crippen molar-refractivity contribution in [2.45, 2.75) is 31.2 Å². The van der Waals surface area contributed by atoms with Gasteiger partial charge in [0, 0.05) is 42.8 Å². The zero-order chi connectivity index (χ0) is 21.7. The van der Waals surface area contributed by atoms with Gasteiger partial charge in [-0.2, -0.15) is 0 Å². The van der Waals surface area contributed by atoms with E-state index in [1.54, 1.807) is 18.2 Å². The van der Waals surface area contributed by atoms with E-state index >= 15 is 0 Å². The van der Waals surface area contributed by atoms with Gasteiger partial charge in [0.25, 0.3) is 15.9 Å². The van der Waals surface area contributed by atoms with Gasteiger partial charge in [0.15, 0.2) is 0 Å². The Morgan fingerprint density at radius 2 is 1.83 bits per heavy atom. The molecular formula is C21H27ClN4O3S. The molecule has 1 unspecified atom stereocenters. The van der Waals surface area contributed by atoms with E-state index < -0.39 is 10.0 Å². The van der Waals surface area contributed by atoms with Crippen LogP contribution in [0.3, 0.4) is 0 Å². The zero-order valence-corrected chi connectivity index (χ0v) is 18.7. The van der Waals surface area contributed by atoms with E-state index in [9.17, 15) is 13.2 Å². The van der Waals surface area contributed by atoms with E-state index in [2.05, 4.69) is 20.3 Å². The van der Waals surface area contributed by atoms with Crippen LogP contribution in [0.2, 0.25) is 5.02 Å². The van der Waals surface area contributed by atoms with Gasteiger partial charge in [0.1, 0.15) is 0 Å². The number of carbonyl (C=O) groups excluding carboxylic acids is 1. The average Bonchev–Trinajstić information content (AvgIpc) is 2.74. The van der Waals surface area contributed by atoms with Crippen molar-refractivity contribution >= 4 is 38.9 Å². The van der Waals surface area contributed by atoms with Gasteiger partial charge < -0.3 is 15.5 Å². The Balaban J connectivity index is 1.96. The monoisotopic (exact) mass is 450 g/mol. The Morgan fingerprint density at radius 1 is 1.17 bits per heavy atom. The summed E-state index contributed by atoms with van der Waals surface area (Å²) in [4.78, 5) is 14.8. The first-order valence-electron chi connectivity index (χ1n) is 9.99. The van der Waals surface area contributed by atoms with Crippen LogP contribution in [0, 0.1) is 0 Å².